The molecule has 3 N–H and O–H groups in total. The molecule has 0 saturated heterocycles. The number of thiocarbonyl (C=S) groups is 1. The van der Waals surface area contributed by atoms with Gasteiger partial charge in [0.1, 0.15) is 6.17 Å². The molecule has 0 aliphatic carbocycles. The molecule has 148 valence electrons. The molecule has 2 aromatic rings. The molecule has 0 spiro atoms. The van der Waals surface area contributed by atoms with Gasteiger partial charge in [0, 0.05) is 11.1 Å². The fourth-order valence-electron chi connectivity index (χ4n) is 2.01. The zero-order valence-corrected chi connectivity index (χ0v) is 18.7. The third-order valence-corrected chi connectivity index (χ3v) is 4.73. The average Bonchev–Trinajstić information content (AvgIpc) is 2.62. The second-order valence-electron chi connectivity index (χ2n) is 5.45. The van der Waals surface area contributed by atoms with Crippen LogP contribution in [0.15, 0.2) is 54.6 Å². The topological polar surface area (TPSA) is 53.2 Å². The van der Waals surface area contributed by atoms with Gasteiger partial charge in [0.15, 0.2) is 5.11 Å². The van der Waals surface area contributed by atoms with Gasteiger partial charge in [-0.25, -0.2) is 0 Å². The summed E-state index contributed by atoms with van der Waals surface area (Å²) in [5.41, 5.74) is 1.31. The van der Waals surface area contributed by atoms with Crippen LogP contribution in [0.4, 0.5) is 5.69 Å². The summed E-state index contributed by atoms with van der Waals surface area (Å²) in [5, 5.41) is 9.07. The van der Waals surface area contributed by atoms with Crippen molar-refractivity contribution in [2.45, 2.75) is 9.96 Å². The summed E-state index contributed by atoms with van der Waals surface area (Å²) < 4.78 is -1.87. The van der Waals surface area contributed by atoms with Crippen LogP contribution in [0.1, 0.15) is 5.56 Å². The molecule has 0 heterocycles. The van der Waals surface area contributed by atoms with Crippen molar-refractivity contribution < 1.29 is 4.79 Å². The summed E-state index contributed by atoms with van der Waals surface area (Å²) in [6.45, 7) is 0. The van der Waals surface area contributed by atoms with Gasteiger partial charge in [-0.05, 0) is 42.1 Å². The van der Waals surface area contributed by atoms with Crippen molar-refractivity contribution in [3.05, 3.63) is 70.2 Å². The van der Waals surface area contributed by atoms with E-state index in [2.05, 4.69) is 16.0 Å². The van der Waals surface area contributed by atoms with Gasteiger partial charge in [0.25, 0.3) is 0 Å². The first kappa shape index (κ1) is 23.1. The lowest BCUT2D eigenvalue weighted by Crippen LogP contribution is -2.55. The molecule has 1 atom stereocenters. The van der Waals surface area contributed by atoms with Crippen molar-refractivity contribution in [3.8, 4) is 0 Å². The van der Waals surface area contributed by atoms with Crippen molar-refractivity contribution >= 4 is 93.0 Å². The number of alkyl halides is 3. The fourth-order valence-corrected chi connectivity index (χ4v) is 2.90. The predicted octanol–water partition coefficient (Wildman–Crippen LogP) is 5.81. The van der Waals surface area contributed by atoms with Crippen molar-refractivity contribution in [3.63, 3.8) is 0 Å². The number of nitrogens with one attached hydrogen (secondary N) is 3. The Kier molecular flexibility index (Phi) is 8.68. The zero-order valence-electron chi connectivity index (χ0n) is 14.1. The zero-order chi connectivity index (χ0) is 20.7. The van der Waals surface area contributed by atoms with E-state index >= 15 is 0 Å². The van der Waals surface area contributed by atoms with Gasteiger partial charge in [-0.1, -0.05) is 88.3 Å². The maximum atomic E-state index is 12.2. The highest BCUT2D eigenvalue weighted by molar-refractivity contribution is 7.80. The number of hydrogen-bond donors (Lipinski definition) is 3. The van der Waals surface area contributed by atoms with Crippen LogP contribution in [-0.2, 0) is 4.79 Å². The van der Waals surface area contributed by atoms with Crippen molar-refractivity contribution in [2.24, 2.45) is 0 Å². The molecule has 0 fully saturated rings. The van der Waals surface area contributed by atoms with E-state index in [1.807, 2.05) is 30.3 Å². The molecule has 2 aromatic carbocycles. The van der Waals surface area contributed by atoms with Crippen LogP contribution in [0.3, 0.4) is 0 Å². The number of carbonyl (C=O) groups is 1. The Bertz CT molecular complexity index is 871. The van der Waals surface area contributed by atoms with Gasteiger partial charge in [0.2, 0.25) is 9.70 Å². The maximum Gasteiger partial charge on any atom is 0.245 e. The van der Waals surface area contributed by atoms with Crippen molar-refractivity contribution in [2.75, 3.05) is 5.32 Å². The van der Waals surface area contributed by atoms with Gasteiger partial charge in [0.05, 0.1) is 10.7 Å². The minimum atomic E-state index is -1.87. The second-order valence-corrected chi connectivity index (χ2v) is 9.07. The lowest BCUT2D eigenvalue weighted by molar-refractivity contribution is -0.117. The first-order valence-corrected chi connectivity index (χ1v) is 10.1. The molecular weight excluding hydrogens is 484 g/mol. The van der Waals surface area contributed by atoms with E-state index in [1.54, 1.807) is 24.3 Å². The molecule has 28 heavy (non-hydrogen) atoms. The van der Waals surface area contributed by atoms with Crippen LogP contribution < -0.4 is 16.0 Å². The molecule has 0 aliphatic heterocycles. The van der Waals surface area contributed by atoms with Gasteiger partial charge < -0.3 is 16.0 Å². The number of carbonyl (C=O) groups excluding carboxylic acids is 1. The van der Waals surface area contributed by atoms with E-state index in [9.17, 15) is 4.79 Å². The van der Waals surface area contributed by atoms with E-state index in [0.29, 0.717) is 15.7 Å². The van der Waals surface area contributed by atoms with E-state index in [1.165, 1.54) is 6.08 Å². The summed E-state index contributed by atoms with van der Waals surface area (Å²) in [6.07, 6.45) is 1.85. The lowest BCUT2D eigenvalue weighted by atomic mass is 10.2. The summed E-state index contributed by atoms with van der Waals surface area (Å²) in [7, 11) is 0. The maximum absolute atomic E-state index is 12.2. The fraction of sp³-hybridized carbons (Fsp3) is 0.111. The first-order chi connectivity index (χ1) is 13.1. The largest absolute Gasteiger partial charge is 0.339 e. The quantitative estimate of drug-likeness (QED) is 0.211. The highest BCUT2D eigenvalue weighted by Crippen LogP contribution is 2.30. The number of amides is 1. The van der Waals surface area contributed by atoms with Gasteiger partial charge in [-0.15, -0.1) is 0 Å². The Hall–Kier alpha value is -1.21. The first-order valence-electron chi connectivity index (χ1n) is 7.78. The molecule has 0 aliphatic rings. The predicted molar refractivity (Wildman–Crippen MR) is 124 cm³/mol. The van der Waals surface area contributed by atoms with Crippen LogP contribution in [0.25, 0.3) is 6.08 Å². The number of anilines is 1. The Morgan fingerprint density at radius 1 is 1.04 bits per heavy atom. The lowest BCUT2D eigenvalue weighted by Gasteiger charge is -2.27. The highest BCUT2D eigenvalue weighted by atomic mass is 35.6. The van der Waals surface area contributed by atoms with Crippen LogP contribution in [0.2, 0.25) is 10.0 Å². The molecule has 0 bridgehead atoms. The monoisotopic (exact) mass is 495 g/mol. The third-order valence-electron chi connectivity index (χ3n) is 3.29. The molecule has 0 aromatic heterocycles. The smallest absolute Gasteiger partial charge is 0.245 e. The van der Waals surface area contributed by atoms with Crippen LogP contribution in [-0.4, -0.2) is 21.0 Å². The summed E-state index contributed by atoms with van der Waals surface area (Å²) in [4.78, 5) is 12.2. The Labute approximate surface area is 193 Å². The minimum Gasteiger partial charge on any atom is -0.339 e. The van der Waals surface area contributed by atoms with Crippen LogP contribution in [0, 0.1) is 0 Å². The molecule has 4 nitrogen and oxygen atoms in total. The molecule has 0 radical (unpaired) electrons. The number of rotatable bonds is 5. The summed E-state index contributed by atoms with van der Waals surface area (Å²) >= 11 is 35.1. The Morgan fingerprint density at radius 3 is 2.36 bits per heavy atom. The van der Waals surface area contributed by atoms with Crippen molar-refractivity contribution in [1.29, 1.82) is 0 Å². The molecule has 10 heteroatoms. The Morgan fingerprint density at radius 2 is 1.71 bits per heavy atom. The third kappa shape index (κ3) is 7.66. The molecule has 2 rings (SSSR count). The summed E-state index contributed by atoms with van der Waals surface area (Å²) in [5.74, 6) is -0.476. The van der Waals surface area contributed by atoms with E-state index in [4.69, 9.17) is 70.2 Å². The molecule has 1 unspecified atom stereocenters. The normalized spacial score (nSPS) is 12.5. The summed E-state index contributed by atoms with van der Waals surface area (Å²) in [6, 6.07) is 14.1. The highest BCUT2D eigenvalue weighted by Gasteiger charge is 2.34. The number of benzene rings is 2. The molecular formula is C18H14Cl5N3OS. The van der Waals surface area contributed by atoms with E-state index in [0.717, 1.165) is 5.56 Å². The molecule has 0 saturated carbocycles. The van der Waals surface area contributed by atoms with Gasteiger partial charge in [-0.2, -0.15) is 0 Å². The second kappa shape index (κ2) is 10.5. The van der Waals surface area contributed by atoms with Crippen LogP contribution in [0.5, 0.6) is 0 Å². The van der Waals surface area contributed by atoms with Gasteiger partial charge >= 0.3 is 0 Å². The van der Waals surface area contributed by atoms with Crippen LogP contribution >= 0.6 is 70.2 Å². The van der Waals surface area contributed by atoms with E-state index < -0.39 is 15.9 Å². The van der Waals surface area contributed by atoms with Gasteiger partial charge in [-0.3, -0.25) is 4.79 Å². The average molecular weight is 498 g/mol. The van der Waals surface area contributed by atoms with E-state index in [-0.39, 0.29) is 5.11 Å². The Balaban J connectivity index is 2.03. The number of halogens is 5. The standard InChI is InChI=1S/C18H14Cl5N3OS/c19-12-7-8-13(20)14(10-12)24-17(28)26-16(18(21,22)23)25-15(27)9-6-11-4-2-1-3-5-11/h1-10,16H,(H,25,27)(H2,24,26,28)/b9-6-. The SMILES string of the molecule is O=C(/C=C\c1ccccc1)NC(NC(=S)Nc1cc(Cl)ccc1Cl)C(Cl)(Cl)Cl. The number of hydrogen-bond acceptors (Lipinski definition) is 2. The minimum absolute atomic E-state index is 0.0767. The van der Waals surface area contributed by atoms with Crippen molar-refractivity contribution in [1.82, 2.24) is 10.6 Å². The molecule has 1 amide bonds.